The van der Waals surface area contributed by atoms with Gasteiger partial charge in [-0.2, -0.15) is 0 Å². The zero-order chi connectivity index (χ0) is 43.6. The van der Waals surface area contributed by atoms with E-state index in [1.54, 1.807) is 20.7 Å². The Balaban J connectivity index is 1.18. The molecule has 2 nitrogen and oxygen atoms in total. The van der Waals surface area contributed by atoms with Crippen LogP contribution in [0.15, 0.2) is 133 Å². The molecule has 0 aliphatic carbocycles. The lowest BCUT2D eigenvalue weighted by Gasteiger charge is -2.31. The number of anilines is 6. The Morgan fingerprint density at radius 3 is 0.855 bits per heavy atom. The number of hydrogen-bond donors (Lipinski definition) is 0. The van der Waals surface area contributed by atoms with Crippen LogP contribution in [-0.2, 0) is 0 Å². The fourth-order valence-corrected chi connectivity index (χ4v) is 20.0. The first-order valence-corrected chi connectivity index (χ1v) is 28.3. The van der Waals surface area contributed by atoms with Crippen LogP contribution in [0.4, 0.5) is 34.1 Å². The Hall–Kier alpha value is -5.95. The van der Waals surface area contributed by atoms with Crippen LogP contribution in [0.5, 0.6) is 0 Å². The molecule has 2 aliphatic rings. The molecule has 62 heavy (non-hydrogen) atoms. The van der Waals surface area contributed by atoms with Gasteiger partial charge in [-0.3, -0.25) is 0 Å². The highest BCUT2D eigenvalue weighted by atomic mass is 28.3. The maximum atomic E-state index is 2.63. The van der Waals surface area contributed by atoms with E-state index < -0.39 is 16.1 Å². The third-order valence-electron chi connectivity index (χ3n) is 13.7. The third-order valence-corrected chi connectivity index (χ3v) is 21.0. The summed E-state index contributed by atoms with van der Waals surface area (Å²) in [4.78, 5) is 5.01. The molecule has 0 amide bonds. The quantitative estimate of drug-likeness (QED) is 0.154. The molecule has 4 heteroatoms. The van der Waals surface area contributed by atoms with Crippen LogP contribution in [0, 0.1) is 55.4 Å². The monoisotopic (exact) mass is 838 g/mol. The average Bonchev–Trinajstić information content (AvgIpc) is 3.56. The van der Waals surface area contributed by atoms with E-state index in [0.717, 1.165) is 0 Å². The van der Waals surface area contributed by atoms with E-state index in [1.165, 1.54) is 112 Å². The summed E-state index contributed by atoms with van der Waals surface area (Å²) in [5, 5.41) is 9.19. The second kappa shape index (κ2) is 14.3. The van der Waals surface area contributed by atoms with Gasteiger partial charge in [0.15, 0.2) is 0 Å². The molecule has 2 heterocycles. The van der Waals surface area contributed by atoms with Crippen LogP contribution in [0.25, 0.3) is 33.0 Å². The summed E-state index contributed by atoms with van der Waals surface area (Å²) in [5.74, 6) is 0. The molecule has 0 atom stereocenters. The van der Waals surface area contributed by atoms with E-state index in [0.29, 0.717) is 0 Å². The number of rotatable bonds is 6. The molecule has 2 aliphatic heterocycles. The SMILES string of the molecule is Cc1cc(C)cc(N(c2cc(C)cc(C)c2)c2ccc3c(c2)[Si](C)(C)c2c4c(c5ccccc5c2-3)-c2ccc(N(c3cc(C)cc(C)c3)c3cc(C)cc(C)c3)cc2[Si]4(C)C)c1. The standard InChI is InChI=1S/C58H58N2Si2/c1-35-21-36(2)26-45(25-35)59(46-27-37(3)22-38(4)28-46)43-17-19-51-53(33-43)61(9,10)57-55(51)49-15-13-14-16-50(49)56-52-20-18-44(34-54(52)62(11,12)58(56)57)60(47-29-39(5)23-40(6)30-47)48-31-41(7)24-42(8)32-48/h13-34H,1-12H3. The molecule has 308 valence electrons. The van der Waals surface area contributed by atoms with E-state index >= 15 is 0 Å². The molecule has 8 aromatic rings. The molecule has 0 N–H and O–H groups in total. The summed E-state index contributed by atoms with van der Waals surface area (Å²) in [5.41, 5.74) is 23.4. The lowest BCUT2D eigenvalue weighted by Crippen LogP contribution is -2.63. The fraction of sp³-hybridized carbons (Fsp3) is 0.207. The van der Waals surface area contributed by atoms with Crippen molar-refractivity contribution in [3.63, 3.8) is 0 Å². The number of fused-ring (bicyclic) bond motifs is 10. The Labute approximate surface area is 371 Å². The second-order valence-electron chi connectivity index (χ2n) is 19.8. The molecule has 0 unspecified atom stereocenters. The van der Waals surface area contributed by atoms with Gasteiger partial charge in [-0.1, -0.05) is 86.9 Å². The van der Waals surface area contributed by atoms with Crippen molar-refractivity contribution in [3.8, 4) is 22.3 Å². The van der Waals surface area contributed by atoms with Crippen LogP contribution in [-0.4, -0.2) is 16.1 Å². The molecule has 0 aromatic heterocycles. The Morgan fingerprint density at radius 1 is 0.306 bits per heavy atom. The first-order valence-electron chi connectivity index (χ1n) is 22.3. The Bertz CT molecular complexity index is 2790. The van der Waals surface area contributed by atoms with Gasteiger partial charge in [-0.25, -0.2) is 0 Å². The summed E-state index contributed by atoms with van der Waals surface area (Å²) in [6, 6.07) is 52.1. The number of nitrogens with zero attached hydrogens (tertiary/aromatic N) is 2. The maximum Gasteiger partial charge on any atom is 0.113 e. The zero-order valence-corrected chi connectivity index (χ0v) is 40.6. The third kappa shape index (κ3) is 6.33. The van der Waals surface area contributed by atoms with Gasteiger partial charge < -0.3 is 9.80 Å². The molecular weight excluding hydrogens is 781 g/mol. The molecule has 0 saturated carbocycles. The van der Waals surface area contributed by atoms with Crippen LogP contribution in [0.1, 0.15) is 44.5 Å². The highest BCUT2D eigenvalue weighted by molar-refractivity contribution is 7.13. The number of aryl methyl sites for hydroxylation is 8. The fourth-order valence-electron chi connectivity index (χ4n) is 11.5. The van der Waals surface area contributed by atoms with Crippen molar-refractivity contribution in [1.29, 1.82) is 0 Å². The van der Waals surface area contributed by atoms with E-state index in [4.69, 9.17) is 0 Å². The van der Waals surface area contributed by atoms with E-state index in [1.807, 2.05) is 0 Å². The minimum Gasteiger partial charge on any atom is -0.310 e. The molecule has 0 spiro atoms. The molecule has 0 radical (unpaired) electrons. The van der Waals surface area contributed by atoms with Crippen molar-refractivity contribution in [2.45, 2.75) is 81.6 Å². The lowest BCUT2D eigenvalue weighted by atomic mass is 9.92. The van der Waals surface area contributed by atoms with E-state index in [2.05, 4.69) is 225 Å². The van der Waals surface area contributed by atoms with Gasteiger partial charge in [0.2, 0.25) is 0 Å². The van der Waals surface area contributed by atoms with Gasteiger partial charge in [0.25, 0.3) is 0 Å². The van der Waals surface area contributed by atoms with E-state index in [9.17, 15) is 0 Å². The van der Waals surface area contributed by atoms with Gasteiger partial charge in [0.1, 0.15) is 16.1 Å². The molecule has 0 saturated heterocycles. The average molecular weight is 839 g/mol. The van der Waals surface area contributed by atoms with Crippen molar-refractivity contribution < 1.29 is 0 Å². The highest BCUT2D eigenvalue weighted by Crippen LogP contribution is 2.45. The van der Waals surface area contributed by atoms with E-state index in [-0.39, 0.29) is 0 Å². The predicted molar refractivity (Wildman–Crippen MR) is 276 cm³/mol. The molecule has 8 aromatic carbocycles. The summed E-state index contributed by atoms with van der Waals surface area (Å²) in [7, 11) is -4.55. The van der Waals surface area contributed by atoms with Crippen molar-refractivity contribution in [2.24, 2.45) is 0 Å². The number of benzene rings is 8. The predicted octanol–water partition coefficient (Wildman–Crippen LogP) is 13.9. The lowest BCUT2D eigenvalue weighted by molar-refractivity contribution is 1.24. The summed E-state index contributed by atoms with van der Waals surface area (Å²) in [6.07, 6.45) is 0. The van der Waals surface area contributed by atoms with Gasteiger partial charge in [-0.15, -0.1) is 0 Å². The zero-order valence-electron chi connectivity index (χ0n) is 38.6. The molecular formula is C58H58N2Si2. The van der Waals surface area contributed by atoms with Gasteiger partial charge >= 0.3 is 0 Å². The van der Waals surface area contributed by atoms with Crippen LogP contribution in [0.2, 0.25) is 26.2 Å². The normalized spacial score (nSPS) is 14.1. The largest absolute Gasteiger partial charge is 0.310 e. The molecule has 0 bridgehead atoms. The van der Waals surface area contributed by atoms with Crippen molar-refractivity contribution in [1.82, 2.24) is 0 Å². The first-order chi connectivity index (χ1) is 29.5. The summed E-state index contributed by atoms with van der Waals surface area (Å²) < 4.78 is 0. The Morgan fingerprint density at radius 2 is 0.581 bits per heavy atom. The maximum absolute atomic E-state index is 2.63. The molecule has 0 fully saturated rings. The minimum absolute atomic E-state index is 1.21. The minimum atomic E-state index is -2.27. The van der Waals surface area contributed by atoms with Gasteiger partial charge in [0.05, 0.1) is 0 Å². The summed E-state index contributed by atoms with van der Waals surface area (Å²) >= 11 is 0. The van der Waals surface area contributed by atoms with Crippen LogP contribution < -0.4 is 30.5 Å². The second-order valence-corrected chi connectivity index (χ2v) is 28.4. The van der Waals surface area contributed by atoms with Crippen molar-refractivity contribution in [2.75, 3.05) is 9.80 Å². The molecule has 10 rings (SSSR count). The van der Waals surface area contributed by atoms with Crippen molar-refractivity contribution >= 4 is 81.8 Å². The number of hydrogen-bond acceptors (Lipinski definition) is 2. The summed E-state index contributed by atoms with van der Waals surface area (Å²) in [6.45, 7) is 28.3. The van der Waals surface area contributed by atoms with Gasteiger partial charge in [0, 0.05) is 34.1 Å². The van der Waals surface area contributed by atoms with Crippen LogP contribution in [0.3, 0.4) is 0 Å². The Kier molecular flexibility index (Phi) is 9.26. The van der Waals surface area contributed by atoms with Gasteiger partial charge in [-0.05, 0) is 226 Å². The van der Waals surface area contributed by atoms with Crippen molar-refractivity contribution in [3.05, 3.63) is 178 Å². The topological polar surface area (TPSA) is 6.48 Å². The highest BCUT2D eigenvalue weighted by Gasteiger charge is 2.49. The first kappa shape index (κ1) is 40.1. The smallest absolute Gasteiger partial charge is 0.113 e. The van der Waals surface area contributed by atoms with Crippen LogP contribution >= 0.6 is 0 Å².